The minimum absolute atomic E-state index is 0.00979. The Morgan fingerprint density at radius 2 is 1.62 bits per heavy atom. The van der Waals surface area contributed by atoms with Gasteiger partial charge in [-0.15, -0.1) is 0 Å². The van der Waals surface area contributed by atoms with Crippen LogP contribution in [0.1, 0.15) is 46.0 Å². The second-order valence-electron chi connectivity index (χ2n) is 6.72. The molecule has 3 rings (SSSR count). The van der Waals surface area contributed by atoms with Crippen LogP contribution in [0.15, 0.2) is 0 Å². The van der Waals surface area contributed by atoms with Crippen molar-refractivity contribution in [3.63, 3.8) is 0 Å². The lowest BCUT2D eigenvalue weighted by Gasteiger charge is -2.56. The van der Waals surface area contributed by atoms with Crippen LogP contribution in [-0.4, -0.2) is 31.0 Å². The molecule has 0 aromatic carbocycles. The van der Waals surface area contributed by atoms with Crippen molar-refractivity contribution >= 4 is 0 Å². The molecule has 1 aliphatic carbocycles. The molecule has 0 unspecified atom stereocenters. The van der Waals surface area contributed by atoms with Gasteiger partial charge in [0.05, 0.1) is 5.60 Å². The zero-order chi connectivity index (χ0) is 11.3. The van der Waals surface area contributed by atoms with Gasteiger partial charge < -0.3 is 10.1 Å². The number of nitrogens with one attached hydrogen (secondary N) is 2. The van der Waals surface area contributed by atoms with Crippen LogP contribution in [0, 0.1) is 5.41 Å². The average Bonchev–Trinajstić information content (AvgIpc) is 2.22. The van der Waals surface area contributed by atoms with Crippen molar-refractivity contribution < 1.29 is 4.74 Å². The highest BCUT2D eigenvalue weighted by atomic mass is 16.5. The molecule has 3 aliphatic rings. The summed E-state index contributed by atoms with van der Waals surface area (Å²) in [6, 6.07) is 0. The van der Waals surface area contributed by atoms with E-state index in [1.807, 2.05) is 0 Å². The van der Waals surface area contributed by atoms with Gasteiger partial charge in [-0.2, -0.15) is 0 Å². The van der Waals surface area contributed by atoms with Crippen LogP contribution in [0.5, 0.6) is 0 Å². The van der Waals surface area contributed by atoms with E-state index >= 15 is 0 Å². The van der Waals surface area contributed by atoms with Gasteiger partial charge in [0, 0.05) is 19.6 Å². The van der Waals surface area contributed by atoms with E-state index in [2.05, 4.69) is 24.5 Å². The third-order valence-electron chi connectivity index (χ3n) is 4.75. The molecule has 16 heavy (non-hydrogen) atoms. The van der Waals surface area contributed by atoms with E-state index in [0.717, 1.165) is 19.6 Å². The van der Waals surface area contributed by atoms with Crippen molar-refractivity contribution in [1.82, 2.24) is 10.6 Å². The van der Waals surface area contributed by atoms with Crippen LogP contribution in [0.4, 0.5) is 0 Å². The van der Waals surface area contributed by atoms with Crippen molar-refractivity contribution in [1.29, 1.82) is 0 Å². The lowest BCUT2D eigenvalue weighted by Crippen LogP contribution is -2.71. The van der Waals surface area contributed by atoms with E-state index < -0.39 is 0 Å². The first-order valence-corrected chi connectivity index (χ1v) is 6.69. The fourth-order valence-electron chi connectivity index (χ4n) is 3.28. The Morgan fingerprint density at radius 1 is 0.938 bits per heavy atom. The molecule has 0 radical (unpaired) electrons. The predicted molar refractivity (Wildman–Crippen MR) is 64.3 cm³/mol. The number of hydrogen-bond acceptors (Lipinski definition) is 3. The first-order valence-electron chi connectivity index (χ1n) is 6.69. The number of rotatable bonds is 0. The Morgan fingerprint density at radius 3 is 2.19 bits per heavy atom. The highest BCUT2D eigenvalue weighted by Gasteiger charge is 2.50. The van der Waals surface area contributed by atoms with Crippen molar-refractivity contribution in [2.45, 2.75) is 57.3 Å². The van der Waals surface area contributed by atoms with E-state index in [9.17, 15) is 0 Å². The van der Waals surface area contributed by atoms with Gasteiger partial charge in [0.15, 0.2) is 0 Å². The van der Waals surface area contributed by atoms with Gasteiger partial charge in [-0.05, 0) is 37.5 Å². The molecular formula is C13H24N2O. The van der Waals surface area contributed by atoms with Crippen LogP contribution in [-0.2, 0) is 4.74 Å². The zero-order valence-electron chi connectivity index (χ0n) is 10.6. The summed E-state index contributed by atoms with van der Waals surface area (Å²) in [6.07, 6.45) is 6.10. The number of ether oxygens (including phenoxy) is 1. The molecule has 0 atom stereocenters. The molecule has 2 heterocycles. The monoisotopic (exact) mass is 224 g/mol. The van der Waals surface area contributed by atoms with Crippen molar-refractivity contribution in [2.75, 3.05) is 19.6 Å². The maximum atomic E-state index is 6.46. The molecule has 0 bridgehead atoms. The normalized spacial score (nSPS) is 34.9. The quantitative estimate of drug-likeness (QED) is 0.656. The van der Waals surface area contributed by atoms with E-state index in [-0.39, 0.29) is 11.3 Å². The van der Waals surface area contributed by atoms with E-state index in [0.29, 0.717) is 5.41 Å². The maximum Gasteiger partial charge on any atom is 0.120 e. The molecule has 3 fully saturated rings. The van der Waals surface area contributed by atoms with Gasteiger partial charge in [0.2, 0.25) is 0 Å². The smallest absolute Gasteiger partial charge is 0.120 e. The molecule has 3 nitrogen and oxygen atoms in total. The molecular weight excluding hydrogens is 200 g/mol. The van der Waals surface area contributed by atoms with E-state index in [1.54, 1.807) is 0 Å². The Kier molecular flexibility index (Phi) is 2.36. The highest BCUT2D eigenvalue weighted by molar-refractivity contribution is 5.03. The standard InChI is InChI=1S/C13H24N2O/c1-11(2)3-5-13(6-4-11)15-8-7-12(16-13)9-14-10-12/h14-15H,3-10H2,1-2H3. The van der Waals surface area contributed by atoms with Gasteiger partial charge in [-0.3, -0.25) is 5.32 Å². The molecule has 2 saturated heterocycles. The lowest BCUT2D eigenvalue weighted by molar-refractivity contribution is -0.236. The molecule has 0 aromatic rings. The largest absolute Gasteiger partial charge is 0.351 e. The van der Waals surface area contributed by atoms with Crippen LogP contribution >= 0.6 is 0 Å². The number of hydrogen-bond donors (Lipinski definition) is 2. The Hall–Kier alpha value is -0.120. The van der Waals surface area contributed by atoms with Gasteiger partial charge in [-0.1, -0.05) is 13.8 Å². The fourth-order valence-corrected chi connectivity index (χ4v) is 3.28. The summed E-state index contributed by atoms with van der Waals surface area (Å²) < 4.78 is 6.46. The van der Waals surface area contributed by atoms with Crippen molar-refractivity contribution in [3.05, 3.63) is 0 Å². The Balaban J connectivity index is 1.69. The SMILES string of the molecule is CC1(C)CCC2(CC1)NCCC1(CNC1)O2. The van der Waals surface area contributed by atoms with Crippen LogP contribution in [0.3, 0.4) is 0 Å². The summed E-state index contributed by atoms with van der Waals surface area (Å²) in [6.45, 7) is 7.99. The second kappa shape index (κ2) is 3.44. The van der Waals surface area contributed by atoms with Crippen LogP contribution < -0.4 is 10.6 Å². The fraction of sp³-hybridized carbons (Fsp3) is 1.00. The summed E-state index contributed by atoms with van der Waals surface area (Å²) in [5.74, 6) is 0. The van der Waals surface area contributed by atoms with Gasteiger partial charge in [-0.25, -0.2) is 0 Å². The summed E-state index contributed by atoms with van der Waals surface area (Å²) in [5.41, 5.74) is 0.696. The summed E-state index contributed by atoms with van der Waals surface area (Å²) in [4.78, 5) is 0. The molecule has 92 valence electrons. The van der Waals surface area contributed by atoms with Crippen LogP contribution in [0.2, 0.25) is 0 Å². The topological polar surface area (TPSA) is 33.3 Å². The van der Waals surface area contributed by atoms with Crippen molar-refractivity contribution in [3.8, 4) is 0 Å². The summed E-state index contributed by atoms with van der Waals surface area (Å²) >= 11 is 0. The average molecular weight is 224 g/mol. The minimum Gasteiger partial charge on any atom is -0.351 e. The van der Waals surface area contributed by atoms with Gasteiger partial charge >= 0.3 is 0 Å². The van der Waals surface area contributed by atoms with Crippen molar-refractivity contribution in [2.24, 2.45) is 5.41 Å². The minimum atomic E-state index is 0.00979. The summed E-state index contributed by atoms with van der Waals surface area (Å²) in [7, 11) is 0. The van der Waals surface area contributed by atoms with E-state index in [4.69, 9.17) is 4.74 Å². The first-order chi connectivity index (χ1) is 7.54. The van der Waals surface area contributed by atoms with Gasteiger partial charge in [0.1, 0.15) is 5.72 Å². The molecule has 2 N–H and O–H groups in total. The van der Waals surface area contributed by atoms with Crippen LogP contribution in [0.25, 0.3) is 0 Å². The first kappa shape index (κ1) is 11.0. The second-order valence-corrected chi connectivity index (χ2v) is 6.72. The molecule has 0 amide bonds. The molecule has 2 aliphatic heterocycles. The molecule has 0 aromatic heterocycles. The van der Waals surface area contributed by atoms with Gasteiger partial charge in [0.25, 0.3) is 0 Å². The molecule has 1 saturated carbocycles. The van der Waals surface area contributed by atoms with E-state index in [1.165, 1.54) is 32.1 Å². The molecule has 2 spiro atoms. The predicted octanol–water partition coefficient (Wildman–Crippen LogP) is 1.63. The maximum absolute atomic E-state index is 6.46. The summed E-state index contributed by atoms with van der Waals surface area (Å²) in [5, 5.41) is 7.00. The zero-order valence-corrected chi connectivity index (χ0v) is 10.6. The third-order valence-corrected chi connectivity index (χ3v) is 4.75. The Bertz CT molecular complexity index is 274. The lowest BCUT2D eigenvalue weighted by atomic mass is 9.73. The molecule has 3 heteroatoms. The highest BCUT2D eigenvalue weighted by Crippen LogP contribution is 2.44. The Labute approximate surface area is 98.3 Å². The third kappa shape index (κ3) is 1.79.